The van der Waals surface area contributed by atoms with E-state index >= 15 is 0 Å². The predicted molar refractivity (Wildman–Crippen MR) is 108 cm³/mol. The number of aryl methyl sites for hydroxylation is 1. The maximum Gasteiger partial charge on any atom is 0.253 e. The molecule has 0 fully saturated rings. The van der Waals surface area contributed by atoms with E-state index in [2.05, 4.69) is 33.4 Å². The fourth-order valence-corrected chi connectivity index (χ4v) is 3.30. The summed E-state index contributed by atoms with van der Waals surface area (Å²) in [6.07, 6.45) is 2.84. The maximum atomic E-state index is 12.1. The molecule has 1 aromatic heterocycles. The average molecular weight is 404 g/mol. The van der Waals surface area contributed by atoms with Crippen LogP contribution in [-0.2, 0) is 11.3 Å². The molecule has 2 N–H and O–H groups in total. The minimum absolute atomic E-state index is 0.107. The number of aromatic nitrogens is 1. The van der Waals surface area contributed by atoms with Gasteiger partial charge in [0.25, 0.3) is 5.91 Å². The van der Waals surface area contributed by atoms with Gasteiger partial charge in [-0.3, -0.25) is 9.59 Å². The third-order valence-electron chi connectivity index (χ3n) is 4.16. The number of fused-ring (bicyclic) bond motifs is 1. The number of carbonyl (C=O) groups excluding carboxylic acids is 2. The Morgan fingerprint density at radius 1 is 1.00 bits per heavy atom. The van der Waals surface area contributed by atoms with Crippen LogP contribution in [0.3, 0.4) is 0 Å². The Bertz CT molecular complexity index is 969. The van der Waals surface area contributed by atoms with E-state index < -0.39 is 5.91 Å². The normalized spacial score (nSPS) is 10.7. The van der Waals surface area contributed by atoms with Gasteiger partial charge in [0.1, 0.15) is 0 Å². The van der Waals surface area contributed by atoms with Crippen LogP contribution in [0.5, 0.6) is 0 Å². The molecule has 0 aliphatic rings. The van der Waals surface area contributed by atoms with E-state index in [0.29, 0.717) is 11.6 Å². The highest BCUT2D eigenvalue weighted by molar-refractivity contribution is 6.36. The monoisotopic (exact) mass is 403 g/mol. The van der Waals surface area contributed by atoms with Gasteiger partial charge in [-0.15, -0.1) is 0 Å². The summed E-state index contributed by atoms with van der Waals surface area (Å²) in [6, 6.07) is 14.8. The van der Waals surface area contributed by atoms with E-state index in [1.165, 1.54) is 23.0 Å². The van der Waals surface area contributed by atoms with Crippen LogP contribution >= 0.6 is 23.2 Å². The second-order valence-electron chi connectivity index (χ2n) is 6.08. The molecular weight excluding hydrogens is 385 g/mol. The van der Waals surface area contributed by atoms with Gasteiger partial charge >= 0.3 is 0 Å². The number of nitrogens with one attached hydrogen (secondary N) is 2. The van der Waals surface area contributed by atoms with E-state index in [-0.39, 0.29) is 23.0 Å². The van der Waals surface area contributed by atoms with Gasteiger partial charge in [-0.05, 0) is 42.1 Å². The number of halogens is 2. The lowest BCUT2D eigenvalue weighted by atomic mass is 10.2. The number of hydrogen-bond acceptors (Lipinski definition) is 2. The summed E-state index contributed by atoms with van der Waals surface area (Å²) in [4.78, 5) is 24.0. The SMILES string of the molecule is O=C(CNC(=O)c1ccc(Cl)cc1Cl)NCCCn1ccc2ccccc21. The van der Waals surface area contributed by atoms with Crippen molar-refractivity contribution < 1.29 is 9.59 Å². The molecule has 0 saturated heterocycles. The number of hydrogen-bond donors (Lipinski definition) is 2. The van der Waals surface area contributed by atoms with Crippen molar-refractivity contribution in [2.45, 2.75) is 13.0 Å². The van der Waals surface area contributed by atoms with Gasteiger partial charge in [0.05, 0.1) is 17.1 Å². The second-order valence-corrected chi connectivity index (χ2v) is 6.92. The van der Waals surface area contributed by atoms with Crippen LogP contribution in [0.4, 0.5) is 0 Å². The van der Waals surface area contributed by atoms with Crippen molar-refractivity contribution in [1.29, 1.82) is 0 Å². The zero-order chi connectivity index (χ0) is 19.2. The number of amides is 2. The van der Waals surface area contributed by atoms with Gasteiger partial charge in [-0.1, -0.05) is 41.4 Å². The highest BCUT2D eigenvalue weighted by Gasteiger charge is 2.11. The van der Waals surface area contributed by atoms with Crippen LogP contribution in [0.15, 0.2) is 54.7 Å². The molecule has 3 rings (SSSR count). The van der Waals surface area contributed by atoms with Gasteiger partial charge in [-0.2, -0.15) is 0 Å². The number of para-hydroxylation sites is 1. The minimum atomic E-state index is -0.411. The summed E-state index contributed by atoms with van der Waals surface area (Å²) in [5, 5.41) is 7.25. The van der Waals surface area contributed by atoms with Crippen molar-refractivity contribution in [1.82, 2.24) is 15.2 Å². The fourth-order valence-electron chi connectivity index (χ4n) is 2.80. The maximum absolute atomic E-state index is 12.1. The molecule has 0 radical (unpaired) electrons. The molecule has 2 aromatic carbocycles. The van der Waals surface area contributed by atoms with Gasteiger partial charge in [-0.25, -0.2) is 0 Å². The first kappa shape index (κ1) is 19.3. The summed E-state index contributed by atoms with van der Waals surface area (Å²) >= 11 is 11.8. The average Bonchev–Trinajstić information content (AvgIpc) is 3.06. The van der Waals surface area contributed by atoms with Gasteiger partial charge in [0.2, 0.25) is 5.91 Å². The molecule has 27 heavy (non-hydrogen) atoms. The van der Waals surface area contributed by atoms with Gasteiger partial charge in [0, 0.05) is 29.8 Å². The molecule has 0 spiro atoms. The number of carbonyl (C=O) groups is 2. The number of benzene rings is 2. The summed E-state index contributed by atoms with van der Waals surface area (Å²) in [5.74, 6) is -0.656. The zero-order valence-electron chi connectivity index (χ0n) is 14.5. The van der Waals surface area contributed by atoms with Crippen LogP contribution in [0, 0.1) is 0 Å². The highest BCUT2D eigenvalue weighted by Crippen LogP contribution is 2.20. The Kier molecular flexibility index (Phi) is 6.37. The van der Waals surface area contributed by atoms with Crippen molar-refractivity contribution >= 4 is 45.9 Å². The lowest BCUT2D eigenvalue weighted by molar-refractivity contribution is -0.120. The lowest BCUT2D eigenvalue weighted by Gasteiger charge is -2.09. The Morgan fingerprint density at radius 3 is 2.63 bits per heavy atom. The predicted octanol–water partition coefficient (Wildman–Crippen LogP) is 3.88. The number of rotatable bonds is 7. The van der Waals surface area contributed by atoms with Crippen molar-refractivity contribution in [2.24, 2.45) is 0 Å². The molecule has 0 saturated carbocycles. The minimum Gasteiger partial charge on any atom is -0.355 e. The Morgan fingerprint density at radius 2 is 1.81 bits per heavy atom. The first-order valence-corrected chi connectivity index (χ1v) is 9.34. The summed E-state index contributed by atoms with van der Waals surface area (Å²) in [5.41, 5.74) is 1.46. The third kappa shape index (κ3) is 5.02. The van der Waals surface area contributed by atoms with Crippen molar-refractivity contribution in [3.05, 3.63) is 70.3 Å². The lowest BCUT2D eigenvalue weighted by Crippen LogP contribution is -2.37. The highest BCUT2D eigenvalue weighted by atomic mass is 35.5. The molecule has 2 amide bonds. The van der Waals surface area contributed by atoms with E-state index in [4.69, 9.17) is 23.2 Å². The summed E-state index contributed by atoms with van der Waals surface area (Å²) in [7, 11) is 0. The molecule has 0 unspecified atom stereocenters. The van der Waals surface area contributed by atoms with E-state index in [9.17, 15) is 9.59 Å². The Hall–Kier alpha value is -2.50. The van der Waals surface area contributed by atoms with Gasteiger partial charge in [0.15, 0.2) is 0 Å². The Balaban J connectivity index is 1.40. The zero-order valence-corrected chi connectivity index (χ0v) is 16.1. The van der Waals surface area contributed by atoms with E-state index in [1.807, 2.05) is 18.3 Å². The van der Waals surface area contributed by atoms with Crippen molar-refractivity contribution in [3.8, 4) is 0 Å². The van der Waals surface area contributed by atoms with Crippen LogP contribution in [-0.4, -0.2) is 29.5 Å². The van der Waals surface area contributed by atoms with Crippen LogP contribution in [0.1, 0.15) is 16.8 Å². The molecule has 0 atom stereocenters. The molecule has 3 aromatic rings. The van der Waals surface area contributed by atoms with Crippen LogP contribution in [0.2, 0.25) is 10.0 Å². The largest absolute Gasteiger partial charge is 0.355 e. The molecule has 5 nitrogen and oxygen atoms in total. The standard InChI is InChI=1S/C20H19Cl2N3O2/c21-15-6-7-16(17(22)12-15)20(27)24-13-19(26)23-9-3-10-25-11-8-14-4-1-2-5-18(14)25/h1-2,4-8,11-12H,3,9-10,13H2,(H,23,26)(H,24,27). The number of nitrogens with zero attached hydrogens (tertiary/aromatic N) is 1. The van der Waals surface area contributed by atoms with Crippen molar-refractivity contribution in [2.75, 3.05) is 13.1 Å². The first-order valence-electron chi connectivity index (χ1n) is 8.58. The molecule has 0 aliphatic carbocycles. The smallest absolute Gasteiger partial charge is 0.253 e. The Labute approximate surface area is 167 Å². The molecule has 1 heterocycles. The summed E-state index contributed by atoms with van der Waals surface area (Å²) in [6.45, 7) is 1.23. The van der Waals surface area contributed by atoms with E-state index in [0.717, 1.165) is 13.0 Å². The quantitative estimate of drug-likeness (QED) is 0.587. The first-order chi connectivity index (χ1) is 13.0. The van der Waals surface area contributed by atoms with E-state index in [1.54, 1.807) is 6.07 Å². The molecule has 7 heteroatoms. The molecule has 0 aliphatic heterocycles. The topological polar surface area (TPSA) is 63.1 Å². The summed E-state index contributed by atoms with van der Waals surface area (Å²) < 4.78 is 2.16. The molecule has 0 bridgehead atoms. The molecule has 140 valence electrons. The van der Waals surface area contributed by atoms with Crippen LogP contribution in [0.25, 0.3) is 10.9 Å². The molecular formula is C20H19Cl2N3O2. The van der Waals surface area contributed by atoms with Crippen LogP contribution < -0.4 is 10.6 Å². The fraction of sp³-hybridized carbons (Fsp3) is 0.200. The van der Waals surface area contributed by atoms with Gasteiger partial charge < -0.3 is 15.2 Å². The van der Waals surface area contributed by atoms with Crippen molar-refractivity contribution in [3.63, 3.8) is 0 Å². The third-order valence-corrected chi connectivity index (χ3v) is 4.71. The second kappa shape index (κ2) is 8.93.